The molecule has 1 heterocycles. The first-order chi connectivity index (χ1) is 10.2. The minimum atomic E-state index is -0.574. The number of carbonyl (C=O) groups is 2. The maximum absolute atomic E-state index is 13.8. The molecule has 1 aliphatic carbocycles. The predicted octanol–water partition coefficient (Wildman–Crippen LogP) is 1.12. The van der Waals surface area contributed by atoms with E-state index in [0.717, 1.165) is 12.8 Å². The highest BCUT2D eigenvalue weighted by Gasteiger charge is 2.34. The molecule has 1 amide bonds. The van der Waals surface area contributed by atoms with E-state index in [1.54, 1.807) is 17.0 Å². The average molecular weight is 292 g/mol. The maximum atomic E-state index is 13.8. The van der Waals surface area contributed by atoms with Crippen LogP contribution in [0, 0.1) is 5.82 Å². The molecule has 2 fully saturated rings. The van der Waals surface area contributed by atoms with Gasteiger partial charge in [-0.15, -0.1) is 0 Å². The Balaban J connectivity index is 1.88. The molecule has 1 aliphatic heterocycles. The minimum Gasteiger partial charge on any atom is -0.377 e. The minimum absolute atomic E-state index is 0.0105. The van der Waals surface area contributed by atoms with E-state index < -0.39 is 11.9 Å². The van der Waals surface area contributed by atoms with Crippen LogP contribution in [-0.2, 0) is 9.53 Å². The molecule has 0 bridgehead atoms. The summed E-state index contributed by atoms with van der Waals surface area (Å²) in [6, 6.07) is 4.17. The molecule has 1 saturated heterocycles. The first-order valence-corrected chi connectivity index (χ1v) is 7.09. The quantitative estimate of drug-likeness (QED) is 0.845. The first kappa shape index (κ1) is 14.0. The van der Waals surface area contributed by atoms with Crippen LogP contribution in [0.1, 0.15) is 23.2 Å². The fourth-order valence-electron chi connectivity index (χ4n) is 2.53. The molecule has 21 heavy (non-hydrogen) atoms. The van der Waals surface area contributed by atoms with Crippen molar-refractivity contribution in [2.75, 3.05) is 24.7 Å². The Hall–Kier alpha value is -1.95. The van der Waals surface area contributed by atoms with Gasteiger partial charge in [-0.2, -0.15) is 0 Å². The summed E-state index contributed by atoms with van der Waals surface area (Å²) in [6.07, 6.45) is 2.49. The number of hydrogen-bond acceptors (Lipinski definition) is 4. The lowest BCUT2D eigenvalue weighted by Gasteiger charge is -2.37. The molecule has 0 aromatic heterocycles. The van der Waals surface area contributed by atoms with Crippen molar-refractivity contribution in [1.29, 1.82) is 0 Å². The van der Waals surface area contributed by atoms with E-state index in [0.29, 0.717) is 25.1 Å². The molecule has 0 radical (unpaired) electrons. The zero-order valence-corrected chi connectivity index (χ0v) is 11.5. The Morgan fingerprint density at radius 2 is 2.24 bits per heavy atom. The van der Waals surface area contributed by atoms with Gasteiger partial charge in [-0.3, -0.25) is 9.59 Å². The van der Waals surface area contributed by atoms with Gasteiger partial charge in [0, 0.05) is 12.6 Å². The summed E-state index contributed by atoms with van der Waals surface area (Å²) in [4.78, 5) is 25.2. The molecule has 1 unspecified atom stereocenters. The number of halogens is 1. The van der Waals surface area contributed by atoms with Crippen molar-refractivity contribution >= 4 is 17.9 Å². The summed E-state index contributed by atoms with van der Waals surface area (Å²) in [5.41, 5.74) is 0.438. The van der Waals surface area contributed by atoms with Gasteiger partial charge in [0.2, 0.25) is 5.91 Å². The third kappa shape index (κ3) is 2.90. The number of morpholine rings is 1. The topological polar surface area (TPSA) is 58.6 Å². The van der Waals surface area contributed by atoms with E-state index >= 15 is 0 Å². The first-order valence-electron chi connectivity index (χ1n) is 7.09. The Morgan fingerprint density at radius 3 is 2.95 bits per heavy atom. The summed E-state index contributed by atoms with van der Waals surface area (Å²) in [5.74, 6) is -0.700. The lowest BCUT2D eigenvalue weighted by Crippen LogP contribution is -2.54. The largest absolute Gasteiger partial charge is 0.377 e. The van der Waals surface area contributed by atoms with Gasteiger partial charge in [-0.1, -0.05) is 6.07 Å². The van der Waals surface area contributed by atoms with Crippen molar-refractivity contribution in [3.8, 4) is 0 Å². The molecule has 112 valence electrons. The van der Waals surface area contributed by atoms with E-state index in [1.165, 1.54) is 6.07 Å². The lowest BCUT2D eigenvalue weighted by molar-refractivity contribution is -0.124. The van der Waals surface area contributed by atoms with Crippen LogP contribution in [0.15, 0.2) is 18.2 Å². The molecule has 1 saturated carbocycles. The van der Waals surface area contributed by atoms with Crippen molar-refractivity contribution < 1.29 is 18.7 Å². The Morgan fingerprint density at radius 1 is 1.43 bits per heavy atom. The summed E-state index contributed by atoms with van der Waals surface area (Å²) >= 11 is 0. The molecule has 0 spiro atoms. The molecule has 6 heteroatoms. The summed E-state index contributed by atoms with van der Waals surface area (Å²) in [6.45, 7) is 1.14. The molecule has 1 aromatic rings. The number of aldehydes is 1. The number of hydrogen-bond donors (Lipinski definition) is 1. The fraction of sp³-hybridized carbons (Fsp3) is 0.467. The number of ether oxygens (including phenoxy) is 1. The van der Waals surface area contributed by atoms with E-state index in [2.05, 4.69) is 5.32 Å². The lowest BCUT2D eigenvalue weighted by atomic mass is 10.1. The number of benzene rings is 1. The van der Waals surface area contributed by atoms with Crippen molar-refractivity contribution in [1.82, 2.24) is 5.32 Å². The molecular weight excluding hydrogens is 275 g/mol. The van der Waals surface area contributed by atoms with Crippen LogP contribution in [-0.4, -0.2) is 44.0 Å². The van der Waals surface area contributed by atoms with E-state index in [-0.39, 0.29) is 24.1 Å². The normalized spacial score (nSPS) is 22.0. The zero-order chi connectivity index (χ0) is 14.8. The predicted molar refractivity (Wildman–Crippen MR) is 74.9 cm³/mol. The highest BCUT2D eigenvalue weighted by atomic mass is 19.1. The van der Waals surface area contributed by atoms with Crippen LogP contribution in [0.3, 0.4) is 0 Å². The highest BCUT2D eigenvalue weighted by molar-refractivity contribution is 5.90. The molecule has 2 aliphatic rings. The third-order valence-corrected chi connectivity index (χ3v) is 3.81. The average Bonchev–Trinajstić information content (AvgIpc) is 3.31. The Kier molecular flexibility index (Phi) is 3.88. The fourth-order valence-corrected chi connectivity index (χ4v) is 2.53. The number of nitrogens with one attached hydrogen (secondary N) is 1. The van der Waals surface area contributed by atoms with Crippen LogP contribution < -0.4 is 10.2 Å². The van der Waals surface area contributed by atoms with Gasteiger partial charge < -0.3 is 15.0 Å². The molecule has 1 atom stereocenters. The summed E-state index contributed by atoms with van der Waals surface area (Å²) in [5, 5.41) is 2.93. The maximum Gasteiger partial charge on any atom is 0.245 e. The van der Waals surface area contributed by atoms with Crippen LogP contribution in [0.2, 0.25) is 0 Å². The van der Waals surface area contributed by atoms with E-state index in [4.69, 9.17) is 4.74 Å². The van der Waals surface area contributed by atoms with Crippen molar-refractivity contribution in [2.24, 2.45) is 0 Å². The highest BCUT2D eigenvalue weighted by Crippen LogP contribution is 2.26. The van der Waals surface area contributed by atoms with Gasteiger partial charge in [-0.05, 0) is 25.0 Å². The third-order valence-electron chi connectivity index (χ3n) is 3.81. The smallest absolute Gasteiger partial charge is 0.245 e. The van der Waals surface area contributed by atoms with Gasteiger partial charge in [0.15, 0.2) is 6.29 Å². The zero-order valence-electron chi connectivity index (χ0n) is 11.5. The number of rotatable bonds is 4. The number of anilines is 1. The standard InChI is InChI=1S/C15H17FN2O3/c16-12-2-1-3-13(11(12)8-19)18-6-7-21-9-14(18)15(20)17-10-4-5-10/h1-3,8,10,14H,4-7,9H2,(H,17,20). The van der Waals surface area contributed by atoms with Gasteiger partial charge in [0.1, 0.15) is 11.9 Å². The second kappa shape index (κ2) is 5.81. The van der Waals surface area contributed by atoms with Crippen LogP contribution in [0.5, 0.6) is 0 Å². The van der Waals surface area contributed by atoms with E-state index in [1.807, 2.05) is 0 Å². The summed E-state index contributed by atoms with van der Waals surface area (Å²) < 4.78 is 19.1. The molecule has 5 nitrogen and oxygen atoms in total. The van der Waals surface area contributed by atoms with Crippen LogP contribution in [0.25, 0.3) is 0 Å². The molecular formula is C15H17FN2O3. The van der Waals surface area contributed by atoms with Gasteiger partial charge >= 0.3 is 0 Å². The van der Waals surface area contributed by atoms with Crippen molar-refractivity contribution in [3.05, 3.63) is 29.6 Å². The van der Waals surface area contributed by atoms with Crippen LogP contribution in [0.4, 0.5) is 10.1 Å². The summed E-state index contributed by atoms with van der Waals surface area (Å²) in [7, 11) is 0. The second-order valence-electron chi connectivity index (χ2n) is 5.36. The monoisotopic (exact) mass is 292 g/mol. The van der Waals surface area contributed by atoms with Gasteiger partial charge in [0.25, 0.3) is 0 Å². The number of amides is 1. The number of carbonyl (C=O) groups excluding carboxylic acids is 2. The molecule has 3 rings (SSSR count). The SMILES string of the molecule is O=Cc1c(F)cccc1N1CCOCC1C(=O)NC1CC1. The van der Waals surface area contributed by atoms with Crippen molar-refractivity contribution in [3.63, 3.8) is 0 Å². The number of nitrogens with zero attached hydrogens (tertiary/aromatic N) is 1. The Bertz CT molecular complexity index is 560. The van der Waals surface area contributed by atoms with Gasteiger partial charge in [0.05, 0.1) is 24.5 Å². The van der Waals surface area contributed by atoms with E-state index in [9.17, 15) is 14.0 Å². The van der Waals surface area contributed by atoms with Gasteiger partial charge in [-0.25, -0.2) is 4.39 Å². The Labute approximate surface area is 122 Å². The molecule has 1 N–H and O–H groups in total. The van der Waals surface area contributed by atoms with Crippen LogP contribution >= 0.6 is 0 Å². The van der Waals surface area contributed by atoms with Crippen molar-refractivity contribution in [2.45, 2.75) is 24.9 Å². The molecule has 1 aromatic carbocycles. The second-order valence-corrected chi connectivity index (χ2v) is 5.36.